The van der Waals surface area contributed by atoms with Gasteiger partial charge >= 0.3 is 5.97 Å². The molecule has 0 aromatic heterocycles. The number of aliphatic carboxylic acids is 1. The molecule has 19 heavy (non-hydrogen) atoms. The van der Waals surface area contributed by atoms with E-state index in [1.165, 1.54) is 32.1 Å². The van der Waals surface area contributed by atoms with Crippen LogP contribution in [0.4, 0.5) is 0 Å². The Labute approximate surface area is 117 Å². The average molecular weight is 267 g/mol. The molecule has 0 amide bonds. The summed E-state index contributed by atoms with van der Waals surface area (Å²) in [5.74, 6) is -0.546. The lowest BCUT2D eigenvalue weighted by Gasteiger charge is -2.41. The lowest BCUT2D eigenvalue weighted by Crippen LogP contribution is -2.48. The van der Waals surface area contributed by atoms with Gasteiger partial charge in [-0.05, 0) is 38.6 Å². The predicted molar refractivity (Wildman–Crippen MR) is 77.3 cm³/mol. The minimum absolute atomic E-state index is 0.457. The Bertz CT molecular complexity index is 295. The molecule has 2 rings (SSSR count). The van der Waals surface area contributed by atoms with Gasteiger partial charge in [-0.15, -0.1) is 0 Å². The topological polar surface area (TPSA) is 40.5 Å². The Morgan fingerprint density at radius 1 is 1.16 bits per heavy atom. The third-order valence-electron chi connectivity index (χ3n) is 5.24. The van der Waals surface area contributed by atoms with Gasteiger partial charge in [-0.1, -0.05) is 39.0 Å². The third kappa shape index (κ3) is 3.50. The van der Waals surface area contributed by atoms with Crippen molar-refractivity contribution >= 4 is 5.97 Å². The number of carboxylic acid groups (broad SMARTS) is 1. The highest BCUT2D eigenvalue weighted by Crippen LogP contribution is 2.37. The maximum absolute atomic E-state index is 11.9. The highest BCUT2D eigenvalue weighted by molar-refractivity contribution is 5.75. The quantitative estimate of drug-likeness (QED) is 0.790. The van der Waals surface area contributed by atoms with Crippen molar-refractivity contribution in [3.05, 3.63) is 0 Å². The van der Waals surface area contributed by atoms with Gasteiger partial charge in [0, 0.05) is 12.6 Å². The van der Waals surface area contributed by atoms with Crippen LogP contribution in [0.5, 0.6) is 0 Å². The van der Waals surface area contributed by atoms with E-state index in [0.29, 0.717) is 6.04 Å². The Morgan fingerprint density at radius 3 is 2.42 bits per heavy atom. The number of rotatable bonds is 4. The van der Waals surface area contributed by atoms with Crippen LogP contribution >= 0.6 is 0 Å². The van der Waals surface area contributed by atoms with Crippen LogP contribution in [0.3, 0.4) is 0 Å². The first-order chi connectivity index (χ1) is 9.18. The van der Waals surface area contributed by atoms with Crippen LogP contribution in [0, 0.1) is 5.41 Å². The fraction of sp³-hybridized carbons (Fsp3) is 0.938. The molecule has 0 bridgehead atoms. The van der Waals surface area contributed by atoms with Gasteiger partial charge in [-0.3, -0.25) is 9.69 Å². The highest BCUT2D eigenvalue weighted by atomic mass is 16.4. The van der Waals surface area contributed by atoms with E-state index in [-0.39, 0.29) is 0 Å². The second kappa shape index (κ2) is 6.74. The van der Waals surface area contributed by atoms with Gasteiger partial charge in [0.05, 0.1) is 5.41 Å². The number of nitrogens with zero attached hydrogens (tertiary/aromatic N) is 1. The number of hydrogen-bond acceptors (Lipinski definition) is 2. The minimum Gasteiger partial charge on any atom is -0.481 e. The van der Waals surface area contributed by atoms with Crippen molar-refractivity contribution in [2.45, 2.75) is 77.2 Å². The van der Waals surface area contributed by atoms with Crippen LogP contribution in [0.15, 0.2) is 0 Å². The summed E-state index contributed by atoms with van der Waals surface area (Å²) in [5.41, 5.74) is -0.457. The molecule has 3 heteroatoms. The molecule has 1 atom stereocenters. The summed E-state index contributed by atoms with van der Waals surface area (Å²) in [6, 6.07) is 0.619. The Balaban J connectivity index is 2.08. The molecule has 3 nitrogen and oxygen atoms in total. The molecule has 1 aliphatic carbocycles. The summed E-state index contributed by atoms with van der Waals surface area (Å²) in [5, 5.41) is 9.78. The molecule has 2 aliphatic rings. The van der Waals surface area contributed by atoms with Gasteiger partial charge < -0.3 is 5.11 Å². The Kier molecular flexibility index (Phi) is 5.26. The summed E-state index contributed by atoms with van der Waals surface area (Å²) < 4.78 is 0. The number of hydrogen-bond donors (Lipinski definition) is 1. The Hall–Kier alpha value is -0.570. The van der Waals surface area contributed by atoms with Crippen LogP contribution in [-0.2, 0) is 4.79 Å². The maximum atomic E-state index is 11.9. The van der Waals surface area contributed by atoms with Gasteiger partial charge in [0.2, 0.25) is 0 Å². The number of carbonyl (C=O) groups is 1. The van der Waals surface area contributed by atoms with E-state index in [2.05, 4.69) is 11.8 Å². The molecule has 1 saturated carbocycles. The van der Waals surface area contributed by atoms with Crippen LogP contribution in [0.25, 0.3) is 0 Å². The van der Waals surface area contributed by atoms with E-state index in [9.17, 15) is 9.90 Å². The average Bonchev–Trinajstić information content (AvgIpc) is 2.66. The molecular formula is C16H29NO2. The lowest BCUT2D eigenvalue weighted by atomic mass is 9.79. The van der Waals surface area contributed by atoms with E-state index in [1.54, 1.807) is 0 Å². The summed E-state index contributed by atoms with van der Waals surface area (Å²) in [4.78, 5) is 14.4. The summed E-state index contributed by atoms with van der Waals surface area (Å²) in [7, 11) is 0. The molecule has 1 unspecified atom stereocenters. The molecule has 1 heterocycles. The molecule has 0 aromatic rings. The first-order valence-electron chi connectivity index (χ1n) is 8.15. The van der Waals surface area contributed by atoms with Gasteiger partial charge in [0.1, 0.15) is 0 Å². The summed E-state index contributed by atoms with van der Waals surface area (Å²) in [6.45, 7) is 4.14. The number of carboxylic acids is 1. The van der Waals surface area contributed by atoms with E-state index in [4.69, 9.17) is 0 Å². The fourth-order valence-electron chi connectivity index (χ4n) is 3.96. The first-order valence-corrected chi connectivity index (χ1v) is 8.15. The lowest BCUT2D eigenvalue weighted by molar-refractivity contribution is -0.152. The van der Waals surface area contributed by atoms with E-state index >= 15 is 0 Å². The van der Waals surface area contributed by atoms with Crippen LogP contribution in [0.2, 0.25) is 0 Å². The monoisotopic (exact) mass is 267 g/mol. The van der Waals surface area contributed by atoms with Crippen molar-refractivity contribution in [3.63, 3.8) is 0 Å². The van der Waals surface area contributed by atoms with Crippen molar-refractivity contribution in [1.29, 1.82) is 0 Å². The highest BCUT2D eigenvalue weighted by Gasteiger charge is 2.41. The largest absolute Gasteiger partial charge is 0.481 e. The van der Waals surface area contributed by atoms with Crippen LogP contribution in [-0.4, -0.2) is 35.1 Å². The number of likely N-dealkylation sites (tertiary alicyclic amines) is 1. The van der Waals surface area contributed by atoms with Crippen LogP contribution < -0.4 is 0 Å². The van der Waals surface area contributed by atoms with Crippen molar-refractivity contribution in [1.82, 2.24) is 4.90 Å². The zero-order valence-electron chi connectivity index (χ0n) is 12.4. The van der Waals surface area contributed by atoms with Crippen molar-refractivity contribution in [3.8, 4) is 0 Å². The van der Waals surface area contributed by atoms with Crippen molar-refractivity contribution in [2.24, 2.45) is 5.41 Å². The van der Waals surface area contributed by atoms with Gasteiger partial charge in [0.15, 0.2) is 0 Å². The van der Waals surface area contributed by atoms with E-state index in [0.717, 1.165) is 45.2 Å². The van der Waals surface area contributed by atoms with Gasteiger partial charge in [0.25, 0.3) is 0 Å². The van der Waals surface area contributed by atoms with Gasteiger partial charge in [-0.2, -0.15) is 0 Å². The molecule has 1 aliphatic heterocycles. The Morgan fingerprint density at radius 2 is 1.84 bits per heavy atom. The van der Waals surface area contributed by atoms with Crippen molar-refractivity contribution < 1.29 is 9.90 Å². The van der Waals surface area contributed by atoms with Crippen molar-refractivity contribution in [2.75, 3.05) is 13.1 Å². The van der Waals surface area contributed by atoms with Crippen LogP contribution in [0.1, 0.15) is 71.1 Å². The standard InChI is InChI=1S/C16H29NO2/c1-2-14-9-5-8-12-17(14)13-16(15(18)19)10-6-3-4-7-11-16/h14H,2-13H2,1H3,(H,18,19). The summed E-state index contributed by atoms with van der Waals surface area (Å²) >= 11 is 0. The molecule has 2 fully saturated rings. The molecular weight excluding hydrogens is 238 g/mol. The predicted octanol–water partition coefficient (Wildman–Crippen LogP) is 3.68. The zero-order valence-corrected chi connectivity index (χ0v) is 12.4. The molecule has 0 spiro atoms. The maximum Gasteiger partial charge on any atom is 0.310 e. The number of piperidine rings is 1. The molecule has 1 N–H and O–H groups in total. The van der Waals surface area contributed by atoms with Gasteiger partial charge in [-0.25, -0.2) is 0 Å². The molecule has 110 valence electrons. The molecule has 0 radical (unpaired) electrons. The second-order valence-electron chi connectivity index (χ2n) is 6.53. The fourth-order valence-corrected chi connectivity index (χ4v) is 3.96. The van der Waals surface area contributed by atoms with E-state index < -0.39 is 11.4 Å². The minimum atomic E-state index is -0.546. The third-order valence-corrected chi connectivity index (χ3v) is 5.24. The zero-order chi connectivity index (χ0) is 13.7. The molecule has 0 aromatic carbocycles. The smallest absolute Gasteiger partial charge is 0.310 e. The second-order valence-corrected chi connectivity index (χ2v) is 6.53. The SMILES string of the molecule is CCC1CCCCN1CC1(C(=O)O)CCCCCC1. The normalized spacial score (nSPS) is 28.8. The molecule has 1 saturated heterocycles. The first kappa shape index (κ1) is 14.8. The summed E-state index contributed by atoms with van der Waals surface area (Å²) in [6.07, 6.45) is 11.4. The van der Waals surface area contributed by atoms with E-state index in [1.807, 2.05) is 0 Å².